The second-order valence-electron chi connectivity index (χ2n) is 4.40. The van der Waals surface area contributed by atoms with Crippen molar-refractivity contribution in [1.29, 1.82) is 0 Å². The van der Waals surface area contributed by atoms with Gasteiger partial charge in [-0.05, 0) is 50.6 Å². The maximum absolute atomic E-state index is 13.1. The molecule has 1 aromatic carbocycles. The standard InChI is InChI=1S/C14H22FNO/c1-4-5-8-16-10-12(3)17-13-6-7-14(15)11(2)9-13/h6-7,9,12,16H,4-5,8,10H2,1-3H3. The van der Waals surface area contributed by atoms with E-state index >= 15 is 0 Å². The molecule has 0 spiro atoms. The van der Waals surface area contributed by atoms with Gasteiger partial charge < -0.3 is 10.1 Å². The van der Waals surface area contributed by atoms with E-state index in [2.05, 4.69) is 12.2 Å². The van der Waals surface area contributed by atoms with E-state index in [1.807, 2.05) is 6.92 Å². The second kappa shape index (κ2) is 7.28. The highest BCUT2D eigenvalue weighted by atomic mass is 19.1. The monoisotopic (exact) mass is 239 g/mol. The van der Waals surface area contributed by atoms with Crippen molar-refractivity contribution < 1.29 is 9.13 Å². The summed E-state index contributed by atoms with van der Waals surface area (Å²) in [6.45, 7) is 7.76. The zero-order chi connectivity index (χ0) is 12.7. The predicted octanol–water partition coefficient (Wildman–Crippen LogP) is 3.29. The number of aryl methyl sites for hydroxylation is 1. The number of benzene rings is 1. The van der Waals surface area contributed by atoms with Crippen LogP contribution in [-0.4, -0.2) is 19.2 Å². The first-order valence-electron chi connectivity index (χ1n) is 6.27. The van der Waals surface area contributed by atoms with E-state index in [-0.39, 0.29) is 11.9 Å². The molecule has 0 saturated heterocycles. The smallest absolute Gasteiger partial charge is 0.126 e. The van der Waals surface area contributed by atoms with Crippen molar-refractivity contribution in [3.8, 4) is 5.75 Å². The lowest BCUT2D eigenvalue weighted by atomic mass is 10.2. The highest BCUT2D eigenvalue weighted by Gasteiger charge is 2.05. The fourth-order valence-electron chi connectivity index (χ4n) is 1.57. The van der Waals surface area contributed by atoms with Crippen molar-refractivity contribution in [2.75, 3.05) is 13.1 Å². The quantitative estimate of drug-likeness (QED) is 0.737. The molecule has 1 unspecified atom stereocenters. The highest BCUT2D eigenvalue weighted by molar-refractivity contribution is 5.28. The molecular weight excluding hydrogens is 217 g/mol. The molecule has 0 aliphatic carbocycles. The normalized spacial score (nSPS) is 12.5. The molecule has 1 atom stereocenters. The SMILES string of the molecule is CCCCNCC(C)Oc1ccc(F)c(C)c1. The van der Waals surface area contributed by atoms with Gasteiger partial charge in [0, 0.05) is 6.54 Å². The fraction of sp³-hybridized carbons (Fsp3) is 0.571. The van der Waals surface area contributed by atoms with Gasteiger partial charge in [0.25, 0.3) is 0 Å². The van der Waals surface area contributed by atoms with Gasteiger partial charge in [0.1, 0.15) is 17.7 Å². The van der Waals surface area contributed by atoms with Crippen LogP contribution in [0.5, 0.6) is 5.75 Å². The van der Waals surface area contributed by atoms with Crippen LogP contribution in [-0.2, 0) is 0 Å². The van der Waals surface area contributed by atoms with Crippen LogP contribution >= 0.6 is 0 Å². The van der Waals surface area contributed by atoms with E-state index in [9.17, 15) is 4.39 Å². The molecule has 0 heterocycles. The second-order valence-corrected chi connectivity index (χ2v) is 4.40. The first kappa shape index (κ1) is 14.0. The first-order valence-corrected chi connectivity index (χ1v) is 6.27. The van der Waals surface area contributed by atoms with Gasteiger partial charge >= 0.3 is 0 Å². The van der Waals surface area contributed by atoms with Gasteiger partial charge in [-0.3, -0.25) is 0 Å². The third kappa shape index (κ3) is 5.18. The minimum atomic E-state index is -0.189. The lowest BCUT2D eigenvalue weighted by Gasteiger charge is -2.15. The van der Waals surface area contributed by atoms with E-state index in [0.717, 1.165) is 18.8 Å². The third-order valence-corrected chi connectivity index (χ3v) is 2.61. The summed E-state index contributed by atoms with van der Waals surface area (Å²) in [5.41, 5.74) is 0.619. The lowest BCUT2D eigenvalue weighted by molar-refractivity contribution is 0.217. The first-order chi connectivity index (χ1) is 8.13. The molecule has 0 aromatic heterocycles. The summed E-state index contributed by atoms with van der Waals surface area (Å²) in [7, 11) is 0. The van der Waals surface area contributed by atoms with Crippen LogP contribution in [0.1, 0.15) is 32.3 Å². The van der Waals surface area contributed by atoms with Gasteiger partial charge in [0.05, 0.1) is 0 Å². The van der Waals surface area contributed by atoms with Crippen LogP contribution in [0.2, 0.25) is 0 Å². The van der Waals surface area contributed by atoms with E-state index in [4.69, 9.17) is 4.74 Å². The van der Waals surface area contributed by atoms with Gasteiger partial charge in [-0.25, -0.2) is 4.39 Å². The molecule has 2 nitrogen and oxygen atoms in total. The summed E-state index contributed by atoms with van der Waals surface area (Å²) < 4.78 is 18.8. The lowest BCUT2D eigenvalue weighted by Crippen LogP contribution is -2.29. The Kier molecular flexibility index (Phi) is 5.98. The highest BCUT2D eigenvalue weighted by Crippen LogP contribution is 2.16. The predicted molar refractivity (Wildman–Crippen MR) is 69.0 cm³/mol. The maximum atomic E-state index is 13.1. The molecule has 1 aromatic rings. The Bertz CT molecular complexity index is 341. The number of unbranched alkanes of at least 4 members (excludes halogenated alkanes) is 1. The molecule has 0 saturated carbocycles. The van der Waals surface area contributed by atoms with Gasteiger partial charge in [-0.15, -0.1) is 0 Å². The van der Waals surface area contributed by atoms with Crippen LogP contribution in [0, 0.1) is 12.7 Å². The molecule has 0 fully saturated rings. The van der Waals surface area contributed by atoms with Crippen molar-refractivity contribution in [2.45, 2.75) is 39.7 Å². The van der Waals surface area contributed by atoms with Gasteiger partial charge in [-0.2, -0.15) is 0 Å². The van der Waals surface area contributed by atoms with Crippen LogP contribution in [0.3, 0.4) is 0 Å². The minimum absolute atomic E-state index is 0.0942. The van der Waals surface area contributed by atoms with Crippen molar-refractivity contribution >= 4 is 0 Å². The van der Waals surface area contributed by atoms with Crippen LogP contribution in [0.15, 0.2) is 18.2 Å². The van der Waals surface area contributed by atoms with Gasteiger partial charge in [0.15, 0.2) is 0 Å². The third-order valence-electron chi connectivity index (χ3n) is 2.61. The van der Waals surface area contributed by atoms with E-state index in [1.54, 1.807) is 19.1 Å². The molecular formula is C14H22FNO. The number of hydrogen-bond donors (Lipinski definition) is 1. The Hall–Kier alpha value is -1.09. The number of halogens is 1. The average Bonchev–Trinajstić information content (AvgIpc) is 2.30. The fourth-order valence-corrected chi connectivity index (χ4v) is 1.57. The van der Waals surface area contributed by atoms with E-state index in [1.165, 1.54) is 18.9 Å². The maximum Gasteiger partial charge on any atom is 0.126 e. The number of nitrogens with one attached hydrogen (secondary N) is 1. The van der Waals surface area contributed by atoms with Crippen molar-refractivity contribution in [1.82, 2.24) is 5.32 Å². The topological polar surface area (TPSA) is 21.3 Å². The van der Waals surface area contributed by atoms with Crippen LogP contribution in [0.25, 0.3) is 0 Å². The van der Waals surface area contributed by atoms with Gasteiger partial charge in [0.2, 0.25) is 0 Å². The molecule has 1 rings (SSSR count). The van der Waals surface area contributed by atoms with Crippen LogP contribution < -0.4 is 10.1 Å². The molecule has 3 heteroatoms. The number of ether oxygens (including phenoxy) is 1. The Balaban J connectivity index is 2.34. The van der Waals surface area contributed by atoms with E-state index < -0.39 is 0 Å². The summed E-state index contributed by atoms with van der Waals surface area (Å²) in [4.78, 5) is 0. The summed E-state index contributed by atoms with van der Waals surface area (Å²) in [6.07, 6.45) is 2.47. The Morgan fingerprint density at radius 3 is 2.82 bits per heavy atom. The molecule has 0 aliphatic heterocycles. The summed E-state index contributed by atoms with van der Waals surface area (Å²) in [5, 5.41) is 3.33. The molecule has 1 N–H and O–H groups in total. The largest absolute Gasteiger partial charge is 0.489 e. The summed E-state index contributed by atoms with van der Waals surface area (Å²) in [6, 6.07) is 4.85. The van der Waals surface area contributed by atoms with Gasteiger partial charge in [-0.1, -0.05) is 13.3 Å². The van der Waals surface area contributed by atoms with Crippen molar-refractivity contribution in [3.63, 3.8) is 0 Å². The molecule has 0 amide bonds. The molecule has 0 aliphatic rings. The average molecular weight is 239 g/mol. The molecule has 17 heavy (non-hydrogen) atoms. The van der Waals surface area contributed by atoms with Crippen LogP contribution in [0.4, 0.5) is 4.39 Å². The Labute approximate surface area is 103 Å². The zero-order valence-corrected chi connectivity index (χ0v) is 10.9. The van der Waals surface area contributed by atoms with Crippen molar-refractivity contribution in [3.05, 3.63) is 29.6 Å². The summed E-state index contributed by atoms with van der Waals surface area (Å²) in [5.74, 6) is 0.541. The minimum Gasteiger partial charge on any atom is -0.489 e. The zero-order valence-electron chi connectivity index (χ0n) is 10.9. The van der Waals surface area contributed by atoms with Crippen molar-refractivity contribution in [2.24, 2.45) is 0 Å². The Morgan fingerprint density at radius 2 is 2.18 bits per heavy atom. The molecule has 0 radical (unpaired) electrons. The molecule has 96 valence electrons. The van der Waals surface area contributed by atoms with E-state index in [0.29, 0.717) is 5.56 Å². The summed E-state index contributed by atoms with van der Waals surface area (Å²) >= 11 is 0. The number of hydrogen-bond acceptors (Lipinski definition) is 2. The Morgan fingerprint density at radius 1 is 1.41 bits per heavy atom. The number of rotatable bonds is 7. The molecule has 0 bridgehead atoms.